The average Bonchev–Trinajstić information content (AvgIpc) is 3.32. The topological polar surface area (TPSA) is 104 Å². The van der Waals surface area contributed by atoms with E-state index in [2.05, 4.69) is 15.5 Å². The lowest BCUT2D eigenvalue weighted by molar-refractivity contribution is -0.120. The van der Waals surface area contributed by atoms with Crippen LogP contribution in [0.5, 0.6) is 11.5 Å². The molecule has 0 saturated carbocycles. The normalized spacial score (nSPS) is 13.3. The van der Waals surface area contributed by atoms with Crippen LogP contribution in [-0.2, 0) is 11.3 Å². The van der Waals surface area contributed by atoms with Crippen LogP contribution >= 0.6 is 11.8 Å². The lowest BCUT2D eigenvalue weighted by Crippen LogP contribution is -2.30. The number of carbonyl (C=O) groups excluding carboxylic acids is 1. The third-order valence-corrected chi connectivity index (χ3v) is 5.36. The van der Waals surface area contributed by atoms with Gasteiger partial charge in [0, 0.05) is 12.1 Å². The molecule has 0 aliphatic carbocycles. The van der Waals surface area contributed by atoms with Crippen LogP contribution in [0, 0.1) is 5.82 Å². The summed E-state index contributed by atoms with van der Waals surface area (Å²) in [6.45, 7) is 2.30. The third-order valence-electron chi connectivity index (χ3n) is 4.30. The number of aromatic nitrogens is 3. The van der Waals surface area contributed by atoms with E-state index in [1.165, 1.54) is 28.6 Å². The third kappa shape index (κ3) is 4.11. The molecule has 0 spiro atoms. The van der Waals surface area contributed by atoms with Crippen LogP contribution in [0.1, 0.15) is 12.5 Å². The van der Waals surface area contributed by atoms with Crippen LogP contribution in [-0.4, -0.2) is 32.8 Å². The van der Waals surface area contributed by atoms with E-state index in [4.69, 9.17) is 15.3 Å². The molecule has 8 nitrogen and oxygen atoms in total. The molecule has 29 heavy (non-hydrogen) atoms. The molecule has 10 heteroatoms. The number of nitrogen functional groups attached to an aromatic ring is 1. The number of amides is 1. The molecule has 2 aromatic carbocycles. The lowest BCUT2D eigenvalue weighted by Gasteiger charge is -2.12. The number of nitrogens with one attached hydrogen (secondary N) is 1. The van der Waals surface area contributed by atoms with Gasteiger partial charge in [-0.2, -0.15) is 0 Å². The summed E-state index contributed by atoms with van der Waals surface area (Å²) < 4.78 is 25.3. The Morgan fingerprint density at radius 1 is 1.28 bits per heavy atom. The number of rotatable bonds is 6. The highest BCUT2D eigenvalue weighted by Crippen LogP contribution is 2.32. The van der Waals surface area contributed by atoms with Crippen LogP contribution in [0.15, 0.2) is 47.6 Å². The molecule has 0 bridgehead atoms. The molecule has 3 aromatic rings. The molecular formula is C19H18FN5O3S. The van der Waals surface area contributed by atoms with E-state index in [9.17, 15) is 9.18 Å². The quantitative estimate of drug-likeness (QED) is 0.470. The van der Waals surface area contributed by atoms with Crippen molar-refractivity contribution in [3.8, 4) is 22.9 Å². The Kier molecular flexibility index (Phi) is 5.26. The predicted octanol–water partition coefficient (Wildman–Crippen LogP) is 2.32. The summed E-state index contributed by atoms with van der Waals surface area (Å²) in [6.07, 6.45) is 0. The van der Waals surface area contributed by atoms with Crippen molar-refractivity contribution in [1.82, 2.24) is 20.2 Å². The van der Waals surface area contributed by atoms with Crippen molar-refractivity contribution in [3.63, 3.8) is 0 Å². The number of hydrogen-bond donors (Lipinski definition) is 2. The minimum atomic E-state index is -0.462. The van der Waals surface area contributed by atoms with E-state index in [1.807, 2.05) is 18.2 Å². The molecule has 0 radical (unpaired) electrons. The monoisotopic (exact) mass is 415 g/mol. The van der Waals surface area contributed by atoms with Gasteiger partial charge in [0.05, 0.1) is 5.25 Å². The minimum Gasteiger partial charge on any atom is -0.454 e. The Labute approximate surface area is 170 Å². The van der Waals surface area contributed by atoms with Gasteiger partial charge < -0.3 is 20.6 Å². The maximum absolute atomic E-state index is 13.4. The van der Waals surface area contributed by atoms with Crippen molar-refractivity contribution in [3.05, 3.63) is 53.8 Å². The molecule has 2 heterocycles. The minimum absolute atomic E-state index is 0.178. The van der Waals surface area contributed by atoms with Crippen molar-refractivity contribution >= 4 is 17.7 Å². The standard InChI is InChI=1S/C19H18FN5O3S/c1-11(18(26)22-9-12-5-6-15-16(7-12)28-10-27-15)29-19-24-23-17(25(19)21)13-3-2-4-14(20)8-13/h2-8,11H,9-10,21H2,1H3,(H,22,26)/t11-/m1/s1. The molecule has 3 N–H and O–H groups in total. The molecule has 0 fully saturated rings. The summed E-state index contributed by atoms with van der Waals surface area (Å²) in [5.74, 6) is 7.15. The van der Waals surface area contributed by atoms with Gasteiger partial charge in [-0.25, -0.2) is 9.07 Å². The predicted molar refractivity (Wildman–Crippen MR) is 105 cm³/mol. The lowest BCUT2D eigenvalue weighted by atomic mass is 10.2. The number of ether oxygens (including phenoxy) is 2. The summed E-state index contributed by atoms with van der Waals surface area (Å²) in [6, 6.07) is 11.4. The van der Waals surface area contributed by atoms with Crippen LogP contribution in [0.2, 0.25) is 0 Å². The van der Waals surface area contributed by atoms with E-state index >= 15 is 0 Å². The number of fused-ring (bicyclic) bond motifs is 1. The fourth-order valence-corrected chi connectivity index (χ4v) is 3.57. The van der Waals surface area contributed by atoms with E-state index in [1.54, 1.807) is 19.1 Å². The summed E-state index contributed by atoms with van der Waals surface area (Å²) in [5, 5.41) is 10.8. The number of nitrogens with zero attached hydrogens (tertiary/aromatic N) is 3. The van der Waals surface area contributed by atoms with Crippen molar-refractivity contribution in [2.75, 3.05) is 12.6 Å². The van der Waals surface area contributed by atoms with Crippen LogP contribution in [0.3, 0.4) is 0 Å². The Bertz CT molecular complexity index is 1060. The van der Waals surface area contributed by atoms with Gasteiger partial charge >= 0.3 is 0 Å². The zero-order valence-electron chi connectivity index (χ0n) is 15.5. The summed E-state index contributed by atoms with van der Waals surface area (Å²) in [7, 11) is 0. The summed E-state index contributed by atoms with van der Waals surface area (Å²) >= 11 is 1.17. The van der Waals surface area contributed by atoms with Gasteiger partial charge in [0.15, 0.2) is 17.3 Å². The number of nitrogens with two attached hydrogens (primary N) is 1. The van der Waals surface area contributed by atoms with Gasteiger partial charge in [0.2, 0.25) is 17.9 Å². The fraction of sp³-hybridized carbons (Fsp3) is 0.211. The highest BCUT2D eigenvalue weighted by atomic mass is 32.2. The second-order valence-corrected chi connectivity index (χ2v) is 7.66. The van der Waals surface area contributed by atoms with Crippen LogP contribution < -0.4 is 20.6 Å². The average molecular weight is 415 g/mol. The maximum atomic E-state index is 13.4. The first-order chi connectivity index (χ1) is 14.0. The Hall–Kier alpha value is -3.27. The van der Waals surface area contributed by atoms with Gasteiger partial charge in [-0.05, 0) is 36.8 Å². The van der Waals surface area contributed by atoms with Gasteiger partial charge in [-0.3, -0.25) is 4.79 Å². The molecule has 1 aliphatic heterocycles. The summed E-state index contributed by atoms with van der Waals surface area (Å²) in [5.41, 5.74) is 1.40. The van der Waals surface area contributed by atoms with Crippen molar-refractivity contribution in [2.24, 2.45) is 0 Å². The van der Waals surface area contributed by atoms with E-state index in [0.717, 1.165) is 5.56 Å². The van der Waals surface area contributed by atoms with Gasteiger partial charge in [0.1, 0.15) is 5.82 Å². The highest BCUT2D eigenvalue weighted by Gasteiger charge is 2.20. The molecule has 0 saturated heterocycles. The first-order valence-corrected chi connectivity index (χ1v) is 9.68. The molecule has 0 unspecified atom stereocenters. The van der Waals surface area contributed by atoms with E-state index < -0.39 is 11.1 Å². The molecule has 1 amide bonds. The van der Waals surface area contributed by atoms with Gasteiger partial charge in [0.25, 0.3) is 0 Å². The van der Waals surface area contributed by atoms with Gasteiger partial charge in [-0.1, -0.05) is 30.0 Å². The zero-order chi connectivity index (χ0) is 20.4. The Morgan fingerprint density at radius 2 is 2.10 bits per heavy atom. The maximum Gasteiger partial charge on any atom is 0.233 e. The fourth-order valence-electron chi connectivity index (χ4n) is 2.78. The van der Waals surface area contributed by atoms with E-state index in [0.29, 0.717) is 34.6 Å². The molecule has 1 atom stereocenters. The number of thioether (sulfide) groups is 1. The molecule has 150 valence electrons. The zero-order valence-corrected chi connectivity index (χ0v) is 16.3. The molecular weight excluding hydrogens is 397 g/mol. The number of benzene rings is 2. The van der Waals surface area contributed by atoms with Gasteiger partial charge in [-0.15, -0.1) is 10.2 Å². The highest BCUT2D eigenvalue weighted by molar-refractivity contribution is 8.00. The van der Waals surface area contributed by atoms with Crippen LogP contribution in [0.4, 0.5) is 4.39 Å². The summed E-state index contributed by atoms with van der Waals surface area (Å²) in [4.78, 5) is 12.5. The molecule has 1 aromatic heterocycles. The second-order valence-electron chi connectivity index (χ2n) is 6.35. The number of halogens is 1. The largest absolute Gasteiger partial charge is 0.454 e. The number of carbonyl (C=O) groups is 1. The number of hydrogen-bond acceptors (Lipinski definition) is 7. The Balaban J connectivity index is 1.37. The smallest absolute Gasteiger partial charge is 0.233 e. The first-order valence-electron chi connectivity index (χ1n) is 8.80. The SMILES string of the molecule is C[C@@H](Sc1nnc(-c2cccc(F)c2)n1N)C(=O)NCc1ccc2c(c1)OCO2. The van der Waals surface area contributed by atoms with Crippen molar-refractivity contribution in [2.45, 2.75) is 23.9 Å². The molecule has 1 aliphatic rings. The van der Waals surface area contributed by atoms with Crippen molar-refractivity contribution in [1.29, 1.82) is 0 Å². The second kappa shape index (κ2) is 8.00. The first kappa shape index (κ1) is 19.1. The van der Waals surface area contributed by atoms with E-state index in [-0.39, 0.29) is 12.7 Å². The Morgan fingerprint density at radius 3 is 2.93 bits per heavy atom. The van der Waals surface area contributed by atoms with Crippen molar-refractivity contribution < 1.29 is 18.7 Å². The van der Waals surface area contributed by atoms with Crippen LogP contribution in [0.25, 0.3) is 11.4 Å². The molecule has 4 rings (SSSR count).